The van der Waals surface area contributed by atoms with E-state index in [4.69, 9.17) is 30.5 Å². The summed E-state index contributed by atoms with van der Waals surface area (Å²) >= 11 is 5.98. The standard InChI is InChI=1S/C24H23ClN2O5/c1-29-18-5-6-19(21(12-18)30-2)24(28)27-8-9-32-23-16(14-27)10-15(11-22(23)31-3)20-7-4-17(25)13-26-20/h4-7,10-13H,8-9,14H2,1-3H3. The van der Waals surface area contributed by atoms with Crippen LogP contribution < -0.4 is 18.9 Å². The maximum absolute atomic E-state index is 13.4. The monoisotopic (exact) mass is 454 g/mol. The first-order valence-corrected chi connectivity index (χ1v) is 10.4. The number of nitrogens with zero attached hydrogens (tertiary/aromatic N) is 2. The molecule has 0 N–H and O–H groups in total. The first-order valence-electron chi connectivity index (χ1n) is 10.0. The third kappa shape index (κ3) is 4.29. The quantitative estimate of drug-likeness (QED) is 0.566. The summed E-state index contributed by atoms with van der Waals surface area (Å²) in [6, 6.07) is 12.6. The summed E-state index contributed by atoms with van der Waals surface area (Å²) < 4.78 is 22.2. The molecule has 0 unspecified atom stereocenters. The number of rotatable bonds is 5. The van der Waals surface area contributed by atoms with Crippen molar-refractivity contribution in [2.45, 2.75) is 6.54 Å². The largest absolute Gasteiger partial charge is 0.497 e. The van der Waals surface area contributed by atoms with E-state index in [0.717, 1.165) is 16.8 Å². The number of carbonyl (C=O) groups excluding carboxylic acids is 1. The number of amides is 1. The van der Waals surface area contributed by atoms with E-state index in [-0.39, 0.29) is 5.91 Å². The van der Waals surface area contributed by atoms with Crippen LogP contribution in [0.4, 0.5) is 0 Å². The van der Waals surface area contributed by atoms with Crippen LogP contribution in [-0.4, -0.2) is 50.3 Å². The summed E-state index contributed by atoms with van der Waals surface area (Å²) in [5.74, 6) is 2.13. The lowest BCUT2D eigenvalue weighted by molar-refractivity contribution is 0.0729. The zero-order chi connectivity index (χ0) is 22.7. The van der Waals surface area contributed by atoms with Crippen LogP contribution in [0.15, 0.2) is 48.7 Å². The van der Waals surface area contributed by atoms with Gasteiger partial charge in [0.25, 0.3) is 5.91 Å². The zero-order valence-corrected chi connectivity index (χ0v) is 18.8. The minimum Gasteiger partial charge on any atom is -0.497 e. The second kappa shape index (κ2) is 9.36. The van der Waals surface area contributed by atoms with Gasteiger partial charge in [-0.1, -0.05) is 11.6 Å². The van der Waals surface area contributed by atoms with Crippen molar-refractivity contribution in [3.05, 3.63) is 64.8 Å². The Bertz CT molecular complexity index is 1130. The Morgan fingerprint density at radius 2 is 1.84 bits per heavy atom. The van der Waals surface area contributed by atoms with Gasteiger partial charge >= 0.3 is 0 Å². The number of hydrogen-bond acceptors (Lipinski definition) is 6. The molecule has 2 heterocycles. The highest BCUT2D eigenvalue weighted by atomic mass is 35.5. The molecule has 4 rings (SSSR count). The van der Waals surface area contributed by atoms with Gasteiger partial charge in [0.1, 0.15) is 18.1 Å². The minimum absolute atomic E-state index is 0.157. The fraction of sp³-hybridized carbons (Fsp3) is 0.250. The van der Waals surface area contributed by atoms with E-state index >= 15 is 0 Å². The van der Waals surface area contributed by atoms with Crippen LogP contribution in [0.3, 0.4) is 0 Å². The molecule has 0 bridgehead atoms. The fourth-order valence-electron chi connectivity index (χ4n) is 3.65. The Kier molecular flexibility index (Phi) is 6.37. The van der Waals surface area contributed by atoms with Crippen LogP contribution in [-0.2, 0) is 6.54 Å². The molecule has 3 aromatic rings. The molecule has 0 saturated carbocycles. The van der Waals surface area contributed by atoms with Gasteiger partial charge in [-0.15, -0.1) is 0 Å². The Balaban J connectivity index is 1.70. The Labute approximate surface area is 191 Å². The van der Waals surface area contributed by atoms with E-state index in [1.165, 1.54) is 7.11 Å². The van der Waals surface area contributed by atoms with Crippen molar-refractivity contribution < 1.29 is 23.7 Å². The molecule has 1 aliphatic rings. The highest BCUT2D eigenvalue weighted by Gasteiger charge is 2.26. The molecule has 32 heavy (non-hydrogen) atoms. The molecule has 0 saturated heterocycles. The molecule has 0 atom stereocenters. The summed E-state index contributed by atoms with van der Waals surface area (Å²) in [6.45, 7) is 1.10. The molecular formula is C24H23ClN2O5. The SMILES string of the molecule is COc1ccc(C(=O)N2CCOc3c(cc(-c4ccc(Cl)cn4)cc3OC)C2)c(OC)c1. The smallest absolute Gasteiger partial charge is 0.258 e. The van der Waals surface area contributed by atoms with Gasteiger partial charge in [-0.2, -0.15) is 0 Å². The van der Waals surface area contributed by atoms with Crippen molar-refractivity contribution in [2.24, 2.45) is 0 Å². The third-order valence-corrected chi connectivity index (χ3v) is 5.49. The number of methoxy groups -OCH3 is 3. The van der Waals surface area contributed by atoms with Gasteiger partial charge in [0, 0.05) is 29.9 Å². The van der Waals surface area contributed by atoms with E-state index in [1.54, 1.807) is 49.6 Å². The van der Waals surface area contributed by atoms with Gasteiger partial charge < -0.3 is 23.8 Å². The van der Waals surface area contributed by atoms with Crippen molar-refractivity contribution in [3.8, 4) is 34.3 Å². The lowest BCUT2D eigenvalue weighted by Crippen LogP contribution is -2.32. The van der Waals surface area contributed by atoms with Gasteiger partial charge in [-0.05, 0) is 36.4 Å². The second-order valence-electron chi connectivity index (χ2n) is 7.17. The molecule has 1 aromatic heterocycles. The molecule has 1 amide bonds. The van der Waals surface area contributed by atoms with Crippen molar-refractivity contribution in [1.82, 2.24) is 9.88 Å². The molecule has 0 radical (unpaired) electrons. The molecule has 2 aromatic carbocycles. The molecule has 166 valence electrons. The van der Waals surface area contributed by atoms with Gasteiger partial charge in [0.05, 0.1) is 44.2 Å². The molecule has 8 heteroatoms. The number of carbonyl (C=O) groups is 1. The number of hydrogen-bond donors (Lipinski definition) is 0. The summed E-state index contributed by atoms with van der Waals surface area (Å²) in [4.78, 5) is 19.5. The zero-order valence-electron chi connectivity index (χ0n) is 18.1. The highest BCUT2D eigenvalue weighted by molar-refractivity contribution is 6.30. The number of benzene rings is 2. The lowest BCUT2D eigenvalue weighted by Gasteiger charge is -2.21. The van der Waals surface area contributed by atoms with E-state index in [1.807, 2.05) is 18.2 Å². The molecular weight excluding hydrogens is 432 g/mol. The Hall–Kier alpha value is -3.45. The Morgan fingerprint density at radius 1 is 1.03 bits per heavy atom. The first kappa shape index (κ1) is 21.8. The molecule has 7 nitrogen and oxygen atoms in total. The second-order valence-corrected chi connectivity index (χ2v) is 7.61. The predicted molar refractivity (Wildman–Crippen MR) is 121 cm³/mol. The maximum Gasteiger partial charge on any atom is 0.258 e. The highest BCUT2D eigenvalue weighted by Crippen LogP contribution is 2.38. The third-order valence-electron chi connectivity index (χ3n) is 5.27. The van der Waals surface area contributed by atoms with Crippen molar-refractivity contribution in [2.75, 3.05) is 34.5 Å². The van der Waals surface area contributed by atoms with Crippen LogP contribution in [0.25, 0.3) is 11.3 Å². The number of pyridine rings is 1. The Morgan fingerprint density at radius 3 is 2.53 bits per heavy atom. The van der Waals surface area contributed by atoms with E-state index < -0.39 is 0 Å². The van der Waals surface area contributed by atoms with E-state index in [9.17, 15) is 4.79 Å². The normalized spacial score (nSPS) is 12.9. The van der Waals surface area contributed by atoms with Crippen LogP contribution >= 0.6 is 11.6 Å². The predicted octanol–water partition coefficient (Wildman–Crippen LogP) is 4.46. The maximum atomic E-state index is 13.4. The molecule has 0 fully saturated rings. The summed E-state index contributed by atoms with van der Waals surface area (Å²) in [7, 11) is 4.69. The number of halogens is 1. The van der Waals surface area contributed by atoms with Crippen molar-refractivity contribution in [3.63, 3.8) is 0 Å². The van der Waals surface area contributed by atoms with Gasteiger partial charge in [-0.3, -0.25) is 9.78 Å². The molecule has 0 spiro atoms. The van der Waals surface area contributed by atoms with E-state index in [0.29, 0.717) is 53.3 Å². The fourth-order valence-corrected chi connectivity index (χ4v) is 3.76. The summed E-state index contributed by atoms with van der Waals surface area (Å²) in [5, 5.41) is 0.559. The van der Waals surface area contributed by atoms with Gasteiger partial charge in [0.15, 0.2) is 11.5 Å². The first-order chi connectivity index (χ1) is 15.5. The summed E-state index contributed by atoms with van der Waals surface area (Å²) in [6.07, 6.45) is 1.59. The van der Waals surface area contributed by atoms with Crippen LogP contribution in [0, 0.1) is 0 Å². The average molecular weight is 455 g/mol. The van der Waals surface area contributed by atoms with Crippen molar-refractivity contribution >= 4 is 17.5 Å². The lowest BCUT2D eigenvalue weighted by atomic mass is 10.0. The molecule has 0 aliphatic carbocycles. The van der Waals surface area contributed by atoms with Gasteiger partial charge in [0.2, 0.25) is 0 Å². The topological polar surface area (TPSA) is 70.1 Å². The number of fused-ring (bicyclic) bond motifs is 1. The molecule has 1 aliphatic heterocycles. The van der Waals surface area contributed by atoms with Crippen molar-refractivity contribution in [1.29, 1.82) is 0 Å². The van der Waals surface area contributed by atoms with Crippen LogP contribution in [0.1, 0.15) is 15.9 Å². The van der Waals surface area contributed by atoms with Gasteiger partial charge in [-0.25, -0.2) is 0 Å². The average Bonchev–Trinajstić information content (AvgIpc) is 3.05. The summed E-state index contributed by atoms with van der Waals surface area (Å²) in [5.41, 5.74) is 2.88. The van der Waals surface area contributed by atoms with Crippen LogP contribution in [0.5, 0.6) is 23.0 Å². The number of ether oxygens (including phenoxy) is 4. The van der Waals surface area contributed by atoms with E-state index in [2.05, 4.69) is 4.98 Å². The van der Waals surface area contributed by atoms with Crippen LogP contribution in [0.2, 0.25) is 5.02 Å². The number of aromatic nitrogens is 1. The minimum atomic E-state index is -0.157.